The van der Waals surface area contributed by atoms with E-state index in [0.29, 0.717) is 6.42 Å². The second kappa shape index (κ2) is 6.61. The summed E-state index contributed by atoms with van der Waals surface area (Å²) in [6.45, 7) is 2.03. The molecule has 1 aromatic carbocycles. The van der Waals surface area contributed by atoms with E-state index in [2.05, 4.69) is 10.5 Å². The zero-order chi connectivity index (χ0) is 11.8. The van der Waals surface area contributed by atoms with E-state index in [1.165, 1.54) is 0 Å². The Hall–Kier alpha value is -1.84. The van der Waals surface area contributed by atoms with E-state index in [9.17, 15) is 4.79 Å². The maximum absolute atomic E-state index is 11.2. The second-order valence-electron chi connectivity index (χ2n) is 3.49. The fraction of sp³-hybridized carbons (Fsp3) is 0.333. The van der Waals surface area contributed by atoms with Gasteiger partial charge in [-0.1, -0.05) is 13.3 Å². The van der Waals surface area contributed by atoms with Gasteiger partial charge >= 0.3 is 0 Å². The largest absolute Gasteiger partial charge is 0.508 e. The van der Waals surface area contributed by atoms with Gasteiger partial charge in [-0.25, -0.2) is 5.43 Å². The van der Waals surface area contributed by atoms with Gasteiger partial charge in [0, 0.05) is 6.42 Å². The van der Waals surface area contributed by atoms with Crippen LogP contribution in [0.15, 0.2) is 29.4 Å². The summed E-state index contributed by atoms with van der Waals surface area (Å²) in [4.78, 5) is 11.2. The fourth-order valence-corrected chi connectivity index (χ4v) is 1.13. The molecule has 0 spiro atoms. The Balaban J connectivity index is 2.37. The molecule has 0 aromatic heterocycles. The Morgan fingerprint density at radius 3 is 2.75 bits per heavy atom. The van der Waals surface area contributed by atoms with Crippen molar-refractivity contribution in [2.75, 3.05) is 0 Å². The number of hydrogen-bond acceptors (Lipinski definition) is 3. The number of unbranched alkanes of at least 4 members (excludes halogenated alkanes) is 1. The number of hydrogen-bond donors (Lipinski definition) is 2. The number of nitrogens with zero attached hydrogens (tertiary/aromatic N) is 1. The van der Waals surface area contributed by atoms with Gasteiger partial charge in [-0.2, -0.15) is 5.10 Å². The second-order valence-corrected chi connectivity index (χ2v) is 3.49. The lowest BCUT2D eigenvalue weighted by Crippen LogP contribution is -2.16. The summed E-state index contributed by atoms with van der Waals surface area (Å²) in [5.74, 6) is 0.140. The molecular weight excluding hydrogens is 204 g/mol. The van der Waals surface area contributed by atoms with E-state index in [1.54, 1.807) is 30.5 Å². The zero-order valence-corrected chi connectivity index (χ0v) is 9.31. The van der Waals surface area contributed by atoms with E-state index in [1.807, 2.05) is 6.92 Å². The molecule has 0 unspecified atom stereocenters. The van der Waals surface area contributed by atoms with E-state index in [4.69, 9.17) is 5.11 Å². The molecule has 0 radical (unpaired) electrons. The third-order valence-corrected chi connectivity index (χ3v) is 2.05. The van der Waals surface area contributed by atoms with Crippen molar-refractivity contribution >= 4 is 12.1 Å². The highest BCUT2D eigenvalue weighted by Gasteiger charge is 1.96. The van der Waals surface area contributed by atoms with Crippen LogP contribution in [0.5, 0.6) is 5.75 Å². The molecule has 0 saturated heterocycles. The third kappa shape index (κ3) is 4.59. The molecule has 86 valence electrons. The van der Waals surface area contributed by atoms with Crippen molar-refractivity contribution in [3.05, 3.63) is 29.8 Å². The Bertz CT molecular complexity index is 358. The van der Waals surface area contributed by atoms with Gasteiger partial charge < -0.3 is 5.11 Å². The highest BCUT2D eigenvalue weighted by atomic mass is 16.3. The summed E-state index contributed by atoms with van der Waals surface area (Å²) < 4.78 is 0. The lowest BCUT2D eigenvalue weighted by atomic mass is 10.2. The molecule has 0 aliphatic carbocycles. The number of phenolic OH excluding ortho intramolecular Hbond substituents is 1. The molecule has 0 bridgehead atoms. The third-order valence-electron chi connectivity index (χ3n) is 2.05. The number of aromatic hydroxyl groups is 1. The molecule has 1 amide bonds. The van der Waals surface area contributed by atoms with Crippen molar-refractivity contribution in [1.29, 1.82) is 0 Å². The van der Waals surface area contributed by atoms with Gasteiger partial charge in [-0.3, -0.25) is 4.79 Å². The van der Waals surface area contributed by atoms with E-state index in [0.717, 1.165) is 18.4 Å². The van der Waals surface area contributed by atoms with E-state index < -0.39 is 0 Å². The van der Waals surface area contributed by atoms with Crippen LogP contribution in [0.25, 0.3) is 0 Å². The van der Waals surface area contributed by atoms with Gasteiger partial charge in [-0.15, -0.1) is 0 Å². The molecule has 16 heavy (non-hydrogen) atoms. The number of rotatable bonds is 5. The van der Waals surface area contributed by atoms with Crippen LogP contribution < -0.4 is 5.43 Å². The van der Waals surface area contributed by atoms with Crippen molar-refractivity contribution in [2.24, 2.45) is 5.10 Å². The Morgan fingerprint density at radius 2 is 2.12 bits per heavy atom. The first-order chi connectivity index (χ1) is 7.72. The van der Waals surface area contributed by atoms with Crippen LogP contribution >= 0.6 is 0 Å². The number of amides is 1. The summed E-state index contributed by atoms with van der Waals surface area (Å²) in [7, 11) is 0. The lowest BCUT2D eigenvalue weighted by molar-refractivity contribution is -0.121. The average molecular weight is 220 g/mol. The molecule has 0 fully saturated rings. The molecule has 4 heteroatoms. The molecule has 1 aromatic rings. The number of nitrogens with one attached hydrogen (secondary N) is 1. The lowest BCUT2D eigenvalue weighted by Gasteiger charge is -1.97. The Kier molecular flexibility index (Phi) is 5.05. The molecule has 0 atom stereocenters. The molecule has 0 heterocycles. The van der Waals surface area contributed by atoms with Crippen LogP contribution in [0.1, 0.15) is 31.7 Å². The van der Waals surface area contributed by atoms with Crippen molar-refractivity contribution in [3.8, 4) is 5.75 Å². The summed E-state index contributed by atoms with van der Waals surface area (Å²) in [6.07, 6.45) is 3.92. The summed E-state index contributed by atoms with van der Waals surface area (Å²) in [5, 5.41) is 12.9. The Labute approximate surface area is 95.0 Å². The summed E-state index contributed by atoms with van der Waals surface area (Å²) in [6, 6.07) is 6.58. The van der Waals surface area contributed by atoms with Crippen molar-refractivity contribution in [2.45, 2.75) is 26.2 Å². The van der Waals surface area contributed by atoms with Crippen LogP contribution in [0.4, 0.5) is 0 Å². The minimum absolute atomic E-state index is 0.0723. The highest BCUT2D eigenvalue weighted by Crippen LogP contribution is 2.07. The van der Waals surface area contributed by atoms with E-state index in [-0.39, 0.29) is 11.7 Å². The van der Waals surface area contributed by atoms with Gasteiger partial charge in [0.25, 0.3) is 0 Å². The molecule has 0 saturated carbocycles. The summed E-state index contributed by atoms with van der Waals surface area (Å²) in [5.41, 5.74) is 3.28. The zero-order valence-electron chi connectivity index (χ0n) is 9.31. The van der Waals surface area contributed by atoms with Gasteiger partial charge in [0.05, 0.1) is 6.21 Å². The van der Waals surface area contributed by atoms with Crippen LogP contribution in [0.2, 0.25) is 0 Å². The van der Waals surface area contributed by atoms with Crippen molar-refractivity contribution in [1.82, 2.24) is 5.43 Å². The number of carbonyl (C=O) groups is 1. The minimum atomic E-state index is -0.0723. The summed E-state index contributed by atoms with van der Waals surface area (Å²) >= 11 is 0. The van der Waals surface area contributed by atoms with Crippen LogP contribution in [0, 0.1) is 0 Å². The molecular formula is C12H16N2O2. The Morgan fingerprint density at radius 1 is 1.44 bits per heavy atom. The predicted octanol–water partition coefficient (Wildman–Crippen LogP) is 2.03. The quantitative estimate of drug-likeness (QED) is 0.589. The maximum Gasteiger partial charge on any atom is 0.240 e. The first kappa shape index (κ1) is 12.2. The molecule has 0 aliphatic rings. The van der Waals surface area contributed by atoms with Gasteiger partial charge in [0.2, 0.25) is 5.91 Å². The number of hydrazone groups is 1. The van der Waals surface area contributed by atoms with Crippen LogP contribution in [0.3, 0.4) is 0 Å². The normalized spacial score (nSPS) is 10.6. The predicted molar refractivity (Wildman–Crippen MR) is 63.4 cm³/mol. The van der Waals surface area contributed by atoms with Gasteiger partial charge in [0.1, 0.15) is 5.75 Å². The first-order valence-corrected chi connectivity index (χ1v) is 5.33. The standard InChI is InChI=1S/C12H16N2O2/c1-2-3-4-12(16)14-13-9-10-5-7-11(15)8-6-10/h5-9,15H,2-4H2,1H3,(H,14,16)/b13-9+. The molecule has 2 N–H and O–H groups in total. The van der Waals surface area contributed by atoms with Crippen molar-refractivity contribution in [3.63, 3.8) is 0 Å². The number of phenols is 1. The minimum Gasteiger partial charge on any atom is -0.508 e. The molecule has 4 nitrogen and oxygen atoms in total. The topological polar surface area (TPSA) is 61.7 Å². The first-order valence-electron chi connectivity index (χ1n) is 5.33. The van der Waals surface area contributed by atoms with Gasteiger partial charge in [-0.05, 0) is 36.2 Å². The molecule has 1 rings (SSSR count). The highest BCUT2D eigenvalue weighted by molar-refractivity contribution is 5.82. The van der Waals surface area contributed by atoms with Crippen molar-refractivity contribution < 1.29 is 9.90 Å². The number of carbonyl (C=O) groups excluding carboxylic acids is 1. The molecule has 0 aliphatic heterocycles. The SMILES string of the molecule is CCCCC(=O)N/N=C/c1ccc(O)cc1. The van der Waals surface area contributed by atoms with Crippen LogP contribution in [-0.2, 0) is 4.79 Å². The van der Waals surface area contributed by atoms with Gasteiger partial charge in [0.15, 0.2) is 0 Å². The monoisotopic (exact) mass is 220 g/mol. The van der Waals surface area contributed by atoms with E-state index >= 15 is 0 Å². The maximum atomic E-state index is 11.2. The fourth-order valence-electron chi connectivity index (χ4n) is 1.13. The average Bonchev–Trinajstić information content (AvgIpc) is 2.29. The van der Waals surface area contributed by atoms with Crippen LogP contribution in [-0.4, -0.2) is 17.2 Å². The number of benzene rings is 1. The smallest absolute Gasteiger partial charge is 0.240 e.